The SMILES string of the molecule is C=CN=C(CC)Nc1ccc2c(c1)cc(C(=O)O)n2CC(C)C. The molecule has 122 valence electrons. The Balaban J connectivity index is 2.46. The number of carboxylic acid groups (broad SMARTS) is 1. The van der Waals surface area contributed by atoms with Crippen molar-refractivity contribution in [2.24, 2.45) is 10.9 Å². The van der Waals surface area contributed by atoms with Gasteiger partial charge in [0.25, 0.3) is 0 Å². The maximum absolute atomic E-state index is 11.5. The number of amidine groups is 1. The number of carboxylic acids is 1. The third-order valence-corrected chi connectivity index (χ3v) is 3.54. The Morgan fingerprint density at radius 2 is 2.17 bits per heavy atom. The molecule has 0 aliphatic rings. The first-order chi connectivity index (χ1) is 11.0. The number of hydrogen-bond donors (Lipinski definition) is 2. The molecule has 2 rings (SSSR count). The molecule has 2 aromatic rings. The van der Waals surface area contributed by atoms with Crippen molar-refractivity contribution in [3.63, 3.8) is 0 Å². The van der Waals surface area contributed by atoms with Crippen LogP contribution in [0.25, 0.3) is 10.9 Å². The Bertz CT molecular complexity index is 757. The van der Waals surface area contributed by atoms with E-state index in [2.05, 4.69) is 30.7 Å². The first kappa shape index (κ1) is 16.8. The molecule has 1 aromatic heterocycles. The van der Waals surface area contributed by atoms with Gasteiger partial charge in [0.1, 0.15) is 11.5 Å². The van der Waals surface area contributed by atoms with Gasteiger partial charge >= 0.3 is 5.97 Å². The van der Waals surface area contributed by atoms with Gasteiger partial charge in [-0.2, -0.15) is 0 Å². The van der Waals surface area contributed by atoms with Gasteiger partial charge in [0.15, 0.2) is 0 Å². The molecule has 0 spiro atoms. The van der Waals surface area contributed by atoms with Crippen LogP contribution in [0.3, 0.4) is 0 Å². The molecule has 0 radical (unpaired) electrons. The number of rotatable bonds is 6. The maximum atomic E-state index is 11.5. The average molecular weight is 313 g/mol. The Hall–Kier alpha value is -2.56. The Morgan fingerprint density at radius 3 is 2.74 bits per heavy atom. The minimum absolute atomic E-state index is 0.321. The van der Waals surface area contributed by atoms with Crippen LogP contribution in [0.1, 0.15) is 37.7 Å². The molecule has 1 heterocycles. The van der Waals surface area contributed by atoms with Gasteiger partial charge in [-0.1, -0.05) is 27.4 Å². The van der Waals surface area contributed by atoms with Gasteiger partial charge < -0.3 is 15.0 Å². The predicted octanol–water partition coefficient (Wildman–Crippen LogP) is 4.36. The molecule has 5 nitrogen and oxygen atoms in total. The summed E-state index contributed by atoms with van der Waals surface area (Å²) in [6.45, 7) is 10.4. The molecule has 0 saturated heterocycles. The summed E-state index contributed by atoms with van der Waals surface area (Å²) in [7, 11) is 0. The standard InChI is InChI=1S/C18H23N3O2/c1-5-17(19-6-2)20-14-7-8-15-13(9-14)10-16(18(22)23)21(15)11-12(3)4/h6-10,12H,2,5,11H2,1,3-4H3,(H,19,20)(H,22,23). The molecule has 0 aliphatic carbocycles. The third kappa shape index (κ3) is 3.80. The Labute approximate surface area is 136 Å². The maximum Gasteiger partial charge on any atom is 0.352 e. The summed E-state index contributed by atoms with van der Waals surface area (Å²) in [6, 6.07) is 7.57. The van der Waals surface area contributed by atoms with E-state index in [-0.39, 0.29) is 0 Å². The monoisotopic (exact) mass is 313 g/mol. The van der Waals surface area contributed by atoms with Gasteiger partial charge in [-0.05, 0) is 30.2 Å². The molecule has 5 heteroatoms. The van der Waals surface area contributed by atoms with E-state index in [1.807, 2.05) is 29.7 Å². The molecule has 0 bridgehead atoms. The topological polar surface area (TPSA) is 66.6 Å². The number of hydrogen-bond acceptors (Lipinski definition) is 2. The van der Waals surface area contributed by atoms with Crippen LogP contribution in [0.4, 0.5) is 5.69 Å². The van der Waals surface area contributed by atoms with Crippen molar-refractivity contribution < 1.29 is 9.90 Å². The average Bonchev–Trinajstić information content (AvgIpc) is 2.84. The van der Waals surface area contributed by atoms with E-state index in [9.17, 15) is 9.90 Å². The van der Waals surface area contributed by atoms with Gasteiger partial charge in [-0.25, -0.2) is 9.79 Å². The summed E-state index contributed by atoms with van der Waals surface area (Å²) in [5, 5.41) is 13.6. The van der Waals surface area contributed by atoms with Crippen LogP contribution >= 0.6 is 0 Å². The molecular weight excluding hydrogens is 290 g/mol. The quantitative estimate of drug-likeness (QED) is 0.615. The number of aliphatic imine (C=N–C) groups is 1. The number of aromatic nitrogens is 1. The van der Waals surface area contributed by atoms with Crippen LogP contribution in [0.15, 0.2) is 42.0 Å². The van der Waals surface area contributed by atoms with Crippen molar-refractivity contribution in [1.82, 2.24) is 4.57 Å². The van der Waals surface area contributed by atoms with Gasteiger partial charge in [-0.15, -0.1) is 0 Å². The highest BCUT2D eigenvalue weighted by Crippen LogP contribution is 2.25. The lowest BCUT2D eigenvalue weighted by Crippen LogP contribution is -2.12. The minimum atomic E-state index is -0.904. The van der Waals surface area contributed by atoms with Crippen LogP contribution in [-0.2, 0) is 6.54 Å². The molecular formula is C18H23N3O2. The summed E-state index contributed by atoms with van der Waals surface area (Å²) in [6.07, 6.45) is 2.27. The van der Waals surface area contributed by atoms with Gasteiger partial charge in [0.05, 0.1) is 0 Å². The number of fused-ring (bicyclic) bond motifs is 1. The number of nitrogens with zero attached hydrogens (tertiary/aromatic N) is 2. The van der Waals surface area contributed by atoms with Crippen molar-refractivity contribution in [3.05, 3.63) is 42.7 Å². The summed E-state index contributed by atoms with van der Waals surface area (Å²) in [4.78, 5) is 15.7. The second kappa shape index (κ2) is 7.13. The van der Waals surface area contributed by atoms with Crippen LogP contribution < -0.4 is 5.32 Å². The minimum Gasteiger partial charge on any atom is -0.477 e. The molecule has 0 fully saturated rings. The Kier molecular flexibility index (Phi) is 5.21. The lowest BCUT2D eigenvalue weighted by molar-refractivity contribution is 0.0685. The smallest absolute Gasteiger partial charge is 0.352 e. The van der Waals surface area contributed by atoms with E-state index >= 15 is 0 Å². The van der Waals surface area contributed by atoms with E-state index in [0.717, 1.165) is 28.8 Å². The van der Waals surface area contributed by atoms with E-state index < -0.39 is 5.97 Å². The van der Waals surface area contributed by atoms with Crippen LogP contribution in [0.2, 0.25) is 0 Å². The highest BCUT2D eigenvalue weighted by molar-refractivity contribution is 5.99. The van der Waals surface area contributed by atoms with Crippen LogP contribution in [-0.4, -0.2) is 21.5 Å². The summed E-state index contributed by atoms with van der Waals surface area (Å²) in [5.41, 5.74) is 2.14. The van der Waals surface area contributed by atoms with Crippen LogP contribution in [0.5, 0.6) is 0 Å². The number of nitrogens with one attached hydrogen (secondary N) is 1. The van der Waals surface area contributed by atoms with Gasteiger partial charge in [-0.3, -0.25) is 0 Å². The van der Waals surface area contributed by atoms with Crippen molar-refractivity contribution in [2.45, 2.75) is 33.7 Å². The fourth-order valence-corrected chi connectivity index (χ4v) is 2.58. The number of aromatic carboxylic acids is 1. The predicted molar refractivity (Wildman–Crippen MR) is 95.3 cm³/mol. The van der Waals surface area contributed by atoms with Crippen molar-refractivity contribution in [3.8, 4) is 0 Å². The van der Waals surface area contributed by atoms with Crippen molar-refractivity contribution in [2.75, 3.05) is 5.32 Å². The third-order valence-electron chi connectivity index (χ3n) is 3.54. The highest BCUT2D eigenvalue weighted by Gasteiger charge is 2.15. The fraction of sp³-hybridized carbons (Fsp3) is 0.333. The molecule has 2 N–H and O–H groups in total. The Morgan fingerprint density at radius 1 is 1.43 bits per heavy atom. The van der Waals surface area contributed by atoms with Gasteiger partial charge in [0.2, 0.25) is 0 Å². The second-order valence-corrected chi connectivity index (χ2v) is 5.85. The lowest BCUT2D eigenvalue weighted by atomic mass is 10.2. The number of carbonyl (C=O) groups is 1. The van der Waals surface area contributed by atoms with Crippen molar-refractivity contribution >= 4 is 28.4 Å². The first-order valence-corrected chi connectivity index (χ1v) is 7.77. The lowest BCUT2D eigenvalue weighted by Gasteiger charge is -2.12. The van der Waals surface area contributed by atoms with E-state index in [0.29, 0.717) is 18.2 Å². The molecule has 0 unspecified atom stereocenters. The fourth-order valence-electron chi connectivity index (χ4n) is 2.58. The number of benzene rings is 1. The summed E-state index contributed by atoms with van der Waals surface area (Å²) in [5.74, 6) is 0.283. The molecule has 0 saturated carbocycles. The van der Waals surface area contributed by atoms with Crippen molar-refractivity contribution in [1.29, 1.82) is 0 Å². The zero-order valence-electron chi connectivity index (χ0n) is 13.8. The normalized spacial score (nSPS) is 11.9. The van der Waals surface area contributed by atoms with E-state index in [1.165, 1.54) is 6.20 Å². The second-order valence-electron chi connectivity index (χ2n) is 5.85. The molecule has 0 atom stereocenters. The zero-order chi connectivity index (χ0) is 17.0. The van der Waals surface area contributed by atoms with Crippen LogP contribution in [0, 0.1) is 5.92 Å². The molecule has 0 aliphatic heterocycles. The molecule has 0 amide bonds. The molecule has 23 heavy (non-hydrogen) atoms. The number of anilines is 1. The zero-order valence-corrected chi connectivity index (χ0v) is 13.8. The first-order valence-electron chi connectivity index (χ1n) is 7.77. The van der Waals surface area contributed by atoms with E-state index in [4.69, 9.17) is 0 Å². The summed E-state index contributed by atoms with van der Waals surface area (Å²) >= 11 is 0. The summed E-state index contributed by atoms with van der Waals surface area (Å²) < 4.78 is 1.87. The molecule has 1 aromatic carbocycles. The van der Waals surface area contributed by atoms with E-state index in [1.54, 1.807) is 6.07 Å². The highest BCUT2D eigenvalue weighted by atomic mass is 16.4. The largest absolute Gasteiger partial charge is 0.477 e. The van der Waals surface area contributed by atoms with Gasteiger partial charge in [0, 0.05) is 35.8 Å².